The number of likely N-dealkylation sites (tertiary alicyclic amines) is 1. The molecule has 1 heterocycles. The summed E-state index contributed by atoms with van der Waals surface area (Å²) in [5.74, 6) is -0.981. The van der Waals surface area contributed by atoms with Crippen LogP contribution in [-0.4, -0.2) is 48.9 Å². The van der Waals surface area contributed by atoms with E-state index in [2.05, 4.69) is 13.8 Å². The summed E-state index contributed by atoms with van der Waals surface area (Å²) in [6.45, 7) is 13.5. The van der Waals surface area contributed by atoms with Gasteiger partial charge in [-0.1, -0.05) is 47.7 Å². The van der Waals surface area contributed by atoms with Crippen LogP contribution in [0, 0.1) is 6.92 Å². The largest absolute Gasteiger partial charge is 0.872 e. The van der Waals surface area contributed by atoms with E-state index >= 15 is 0 Å². The lowest BCUT2D eigenvalue weighted by atomic mass is 9.95. The lowest BCUT2D eigenvalue weighted by molar-refractivity contribution is -0.896. The smallest absolute Gasteiger partial charge is 0.295 e. The van der Waals surface area contributed by atoms with Crippen molar-refractivity contribution in [2.75, 3.05) is 26.2 Å². The van der Waals surface area contributed by atoms with Gasteiger partial charge in [-0.3, -0.25) is 9.59 Å². The van der Waals surface area contributed by atoms with E-state index < -0.39 is 17.7 Å². The van der Waals surface area contributed by atoms with Crippen molar-refractivity contribution in [1.29, 1.82) is 0 Å². The van der Waals surface area contributed by atoms with Gasteiger partial charge in [0.05, 0.1) is 31.8 Å². The molecule has 1 saturated heterocycles. The first-order valence-electron chi connectivity index (χ1n) is 12.2. The summed E-state index contributed by atoms with van der Waals surface area (Å²) in [5, 5.41) is 13.5. The summed E-state index contributed by atoms with van der Waals surface area (Å²) in [4.78, 5) is 29.2. The van der Waals surface area contributed by atoms with Gasteiger partial charge in [0.15, 0.2) is 0 Å². The van der Waals surface area contributed by atoms with Gasteiger partial charge in [0.2, 0.25) is 5.78 Å². The van der Waals surface area contributed by atoms with Crippen LogP contribution in [0.25, 0.3) is 5.76 Å². The van der Waals surface area contributed by atoms with Crippen LogP contribution in [0.3, 0.4) is 0 Å². The highest BCUT2D eigenvalue weighted by Gasteiger charge is 2.44. The SMILES string of the molecule is CC[NH+](CC)CCCN1C(=O)C(=O)/C(=C(/[O-])c2ccc(C)cc2)C1c1ccc(OC(C)C)cc1. The van der Waals surface area contributed by atoms with Gasteiger partial charge in [-0.15, -0.1) is 0 Å². The van der Waals surface area contributed by atoms with E-state index in [9.17, 15) is 14.7 Å². The molecule has 2 aromatic carbocycles. The molecule has 1 amide bonds. The van der Waals surface area contributed by atoms with Crippen LogP contribution in [-0.2, 0) is 9.59 Å². The normalized spacial score (nSPS) is 17.7. The molecule has 0 saturated carbocycles. The number of hydrogen-bond acceptors (Lipinski definition) is 4. The van der Waals surface area contributed by atoms with Crippen molar-refractivity contribution in [1.82, 2.24) is 4.90 Å². The standard InChI is InChI=1S/C28H36N2O4/c1-6-29(7-2)17-8-18-30-25(21-13-15-23(16-14-21)34-19(3)4)24(27(32)28(30)33)26(31)22-11-9-20(5)10-12-22/h9-16,19,25,31H,6-8,17-18H2,1-5H3/b26-24+. The number of quaternary nitrogens is 1. The van der Waals surface area contributed by atoms with Crippen molar-refractivity contribution in [3.8, 4) is 5.75 Å². The molecule has 182 valence electrons. The summed E-state index contributed by atoms with van der Waals surface area (Å²) in [6, 6.07) is 13.8. The maximum absolute atomic E-state index is 13.5. The van der Waals surface area contributed by atoms with Crippen molar-refractivity contribution in [3.63, 3.8) is 0 Å². The second-order valence-electron chi connectivity index (χ2n) is 9.14. The van der Waals surface area contributed by atoms with Crippen LogP contribution in [0.2, 0.25) is 0 Å². The van der Waals surface area contributed by atoms with Crippen LogP contribution >= 0.6 is 0 Å². The first-order valence-corrected chi connectivity index (χ1v) is 12.2. The molecule has 1 atom stereocenters. The fourth-order valence-electron chi connectivity index (χ4n) is 4.41. The molecule has 1 N–H and O–H groups in total. The third kappa shape index (κ3) is 5.68. The van der Waals surface area contributed by atoms with Gasteiger partial charge in [-0.05, 0) is 57.9 Å². The van der Waals surface area contributed by atoms with Crippen molar-refractivity contribution in [2.45, 2.75) is 53.2 Å². The third-order valence-electron chi connectivity index (χ3n) is 6.34. The van der Waals surface area contributed by atoms with Gasteiger partial charge >= 0.3 is 0 Å². The number of amides is 1. The quantitative estimate of drug-likeness (QED) is 0.333. The lowest BCUT2D eigenvalue weighted by Gasteiger charge is -2.28. The minimum Gasteiger partial charge on any atom is -0.872 e. The van der Waals surface area contributed by atoms with Gasteiger partial charge in [0.25, 0.3) is 5.91 Å². The van der Waals surface area contributed by atoms with E-state index in [-0.39, 0.29) is 17.4 Å². The molecule has 34 heavy (non-hydrogen) atoms. The first-order chi connectivity index (χ1) is 16.3. The highest BCUT2D eigenvalue weighted by atomic mass is 16.5. The van der Waals surface area contributed by atoms with Crippen molar-refractivity contribution < 1.29 is 24.3 Å². The Balaban J connectivity index is 2.01. The molecule has 6 nitrogen and oxygen atoms in total. The van der Waals surface area contributed by atoms with E-state index in [1.807, 2.05) is 57.2 Å². The molecule has 0 bridgehead atoms. The van der Waals surface area contributed by atoms with Crippen molar-refractivity contribution >= 4 is 17.4 Å². The lowest BCUT2D eigenvalue weighted by Crippen LogP contribution is -3.11. The van der Waals surface area contributed by atoms with E-state index in [1.165, 1.54) is 4.90 Å². The zero-order valence-corrected chi connectivity index (χ0v) is 20.9. The molecule has 6 heteroatoms. The maximum atomic E-state index is 13.5. The summed E-state index contributed by atoms with van der Waals surface area (Å²) in [6.07, 6.45) is 0.789. The number of nitrogens with zero attached hydrogens (tertiary/aromatic N) is 1. The van der Waals surface area contributed by atoms with Crippen molar-refractivity contribution in [3.05, 3.63) is 70.8 Å². The Morgan fingerprint density at radius 2 is 1.65 bits per heavy atom. The minimum atomic E-state index is -0.701. The van der Waals surface area contributed by atoms with E-state index in [4.69, 9.17) is 4.74 Å². The predicted molar refractivity (Wildman–Crippen MR) is 131 cm³/mol. The molecule has 1 aliphatic heterocycles. The number of ether oxygens (including phenoxy) is 1. The zero-order valence-electron chi connectivity index (χ0n) is 20.9. The molecular weight excluding hydrogens is 428 g/mol. The van der Waals surface area contributed by atoms with E-state index in [0.717, 1.165) is 37.2 Å². The minimum absolute atomic E-state index is 0.0292. The Kier molecular flexibility index (Phi) is 8.51. The molecule has 0 aromatic heterocycles. The number of nitrogens with one attached hydrogen (secondary N) is 1. The van der Waals surface area contributed by atoms with Gasteiger partial charge in [0, 0.05) is 18.5 Å². The number of benzene rings is 2. The summed E-state index contributed by atoms with van der Waals surface area (Å²) >= 11 is 0. The Morgan fingerprint density at radius 3 is 2.21 bits per heavy atom. The topological polar surface area (TPSA) is 74.1 Å². The number of aryl methyl sites for hydroxylation is 1. The van der Waals surface area contributed by atoms with Gasteiger partial charge < -0.3 is 19.6 Å². The second kappa shape index (κ2) is 11.3. The highest BCUT2D eigenvalue weighted by Crippen LogP contribution is 2.39. The van der Waals surface area contributed by atoms with Crippen molar-refractivity contribution in [2.24, 2.45) is 0 Å². The summed E-state index contributed by atoms with van der Waals surface area (Å²) in [5.41, 5.74) is 2.21. The third-order valence-corrected chi connectivity index (χ3v) is 6.34. The van der Waals surface area contributed by atoms with E-state index in [1.54, 1.807) is 17.0 Å². The van der Waals surface area contributed by atoms with Crippen LogP contribution in [0.15, 0.2) is 54.1 Å². The summed E-state index contributed by atoms with van der Waals surface area (Å²) in [7, 11) is 0. The number of hydrogen-bond donors (Lipinski definition) is 1. The van der Waals surface area contributed by atoms with Gasteiger partial charge in [-0.25, -0.2) is 0 Å². The average molecular weight is 465 g/mol. The van der Waals surface area contributed by atoms with Crippen LogP contribution in [0.4, 0.5) is 0 Å². The Bertz CT molecular complexity index is 1020. The highest BCUT2D eigenvalue weighted by molar-refractivity contribution is 6.46. The van der Waals surface area contributed by atoms with Gasteiger partial charge in [0.1, 0.15) is 5.75 Å². The number of carbonyl (C=O) groups excluding carboxylic acids is 2. The zero-order chi connectivity index (χ0) is 24.8. The molecular formula is C28H36N2O4. The molecule has 0 radical (unpaired) electrons. The molecule has 2 aromatic rings. The molecule has 1 unspecified atom stereocenters. The molecule has 3 rings (SSSR count). The fourth-order valence-corrected chi connectivity index (χ4v) is 4.41. The van der Waals surface area contributed by atoms with Crippen LogP contribution in [0.1, 0.15) is 56.8 Å². The Hall–Kier alpha value is -3.12. The Morgan fingerprint density at radius 1 is 1.03 bits per heavy atom. The average Bonchev–Trinajstić information content (AvgIpc) is 3.07. The summed E-state index contributed by atoms with van der Waals surface area (Å²) < 4.78 is 5.75. The van der Waals surface area contributed by atoms with Gasteiger partial charge in [-0.2, -0.15) is 0 Å². The predicted octanol–water partition coefficient (Wildman–Crippen LogP) is 2.32. The fraction of sp³-hybridized carbons (Fsp3) is 0.429. The Labute approximate surface area is 202 Å². The number of Topliss-reactive ketones (excluding diaryl/α,β-unsaturated/α-hetero) is 1. The monoisotopic (exact) mass is 464 g/mol. The molecule has 0 aliphatic carbocycles. The van der Waals surface area contributed by atoms with E-state index in [0.29, 0.717) is 17.9 Å². The molecule has 0 spiro atoms. The number of ketones is 1. The second-order valence-corrected chi connectivity index (χ2v) is 9.14. The molecule has 1 fully saturated rings. The molecule has 1 aliphatic rings. The number of rotatable bonds is 10. The maximum Gasteiger partial charge on any atom is 0.295 e. The van der Waals surface area contributed by atoms with Crippen LogP contribution < -0.4 is 14.7 Å². The number of carbonyl (C=O) groups is 2. The van der Waals surface area contributed by atoms with Crippen LogP contribution in [0.5, 0.6) is 5.75 Å². The first kappa shape index (κ1) is 25.5.